The van der Waals surface area contributed by atoms with Crippen molar-refractivity contribution in [3.05, 3.63) is 23.2 Å². The van der Waals surface area contributed by atoms with Gasteiger partial charge in [0.15, 0.2) is 0 Å². The van der Waals surface area contributed by atoms with E-state index in [1.54, 1.807) is 0 Å². The number of rotatable bonds is 3. The lowest BCUT2D eigenvalue weighted by Gasteiger charge is -2.41. The minimum Gasteiger partial charge on any atom is -0.463 e. The first-order chi connectivity index (χ1) is 8.39. The van der Waals surface area contributed by atoms with Gasteiger partial charge in [-0.3, -0.25) is 4.90 Å². The Morgan fingerprint density at radius 2 is 2.22 bits per heavy atom. The molecule has 4 nitrogen and oxygen atoms in total. The Labute approximate surface area is 109 Å². The molecule has 1 aromatic rings. The molecule has 4 heteroatoms. The summed E-state index contributed by atoms with van der Waals surface area (Å²) in [6, 6.07) is 2.09. The van der Waals surface area contributed by atoms with Crippen LogP contribution >= 0.6 is 0 Å². The number of aryl methyl sites for hydroxylation is 1. The first kappa shape index (κ1) is 13.6. The van der Waals surface area contributed by atoms with Crippen LogP contribution in [0.5, 0.6) is 0 Å². The quantitative estimate of drug-likeness (QED) is 0.894. The number of hydrogen-bond acceptors (Lipinski definition) is 4. The number of ether oxygens (including phenoxy) is 1. The number of nitrogens with two attached hydrogens (primary N) is 1. The van der Waals surface area contributed by atoms with Crippen LogP contribution in [0.4, 0.5) is 0 Å². The van der Waals surface area contributed by atoms with E-state index in [1.165, 1.54) is 0 Å². The van der Waals surface area contributed by atoms with Gasteiger partial charge in [0.2, 0.25) is 0 Å². The topological polar surface area (TPSA) is 51.6 Å². The summed E-state index contributed by atoms with van der Waals surface area (Å²) in [5.41, 5.74) is 6.69. The van der Waals surface area contributed by atoms with Crippen molar-refractivity contribution < 1.29 is 9.15 Å². The minimum atomic E-state index is -0.0873. The third-order valence-corrected chi connectivity index (χ3v) is 3.28. The second kappa shape index (κ2) is 5.03. The Kier molecular flexibility index (Phi) is 3.80. The molecule has 1 aliphatic rings. The molecule has 102 valence electrons. The molecule has 0 aliphatic carbocycles. The van der Waals surface area contributed by atoms with Gasteiger partial charge in [-0.1, -0.05) is 0 Å². The lowest BCUT2D eigenvalue weighted by atomic mass is 10.1. The molecular formula is C14H24N2O2. The lowest BCUT2D eigenvalue weighted by Crippen LogP contribution is -2.51. The standard InChI is InChI=1S/C14H24N2O2/c1-10-5-12(17-13(10)6-15)8-16-7-11(2)18-14(3,4)9-16/h5,11H,6-9,15H2,1-4H3. The van der Waals surface area contributed by atoms with E-state index in [4.69, 9.17) is 14.9 Å². The average molecular weight is 252 g/mol. The van der Waals surface area contributed by atoms with Crippen molar-refractivity contribution in [1.82, 2.24) is 4.90 Å². The van der Waals surface area contributed by atoms with Crippen LogP contribution < -0.4 is 5.73 Å². The number of hydrogen-bond donors (Lipinski definition) is 1. The first-order valence-electron chi connectivity index (χ1n) is 6.58. The van der Waals surface area contributed by atoms with Gasteiger partial charge in [-0.2, -0.15) is 0 Å². The predicted octanol–water partition coefficient (Wildman–Crippen LogP) is 2.05. The molecule has 2 rings (SSSR count). The summed E-state index contributed by atoms with van der Waals surface area (Å²) in [5, 5.41) is 0. The predicted molar refractivity (Wildman–Crippen MR) is 71.2 cm³/mol. The summed E-state index contributed by atoms with van der Waals surface area (Å²) >= 11 is 0. The molecular weight excluding hydrogens is 228 g/mol. The Morgan fingerprint density at radius 3 is 2.78 bits per heavy atom. The summed E-state index contributed by atoms with van der Waals surface area (Å²) in [4.78, 5) is 2.38. The van der Waals surface area contributed by atoms with Crippen LogP contribution in [0.25, 0.3) is 0 Å². The van der Waals surface area contributed by atoms with E-state index in [-0.39, 0.29) is 11.7 Å². The van der Waals surface area contributed by atoms with E-state index in [9.17, 15) is 0 Å². The highest BCUT2D eigenvalue weighted by atomic mass is 16.5. The maximum atomic E-state index is 5.90. The van der Waals surface area contributed by atoms with Crippen molar-refractivity contribution in [2.24, 2.45) is 5.73 Å². The van der Waals surface area contributed by atoms with Gasteiger partial charge < -0.3 is 14.9 Å². The molecule has 0 saturated carbocycles. The van der Waals surface area contributed by atoms with Crippen LogP contribution in [0.2, 0.25) is 0 Å². The van der Waals surface area contributed by atoms with Gasteiger partial charge in [0.05, 0.1) is 24.8 Å². The summed E-state index contributed by atoms with van der Waals surface area (Å²) in [7, 11) is 0. The van der Waals surface area contributed by atoms with Crippen molar-refractivity contribution in [2.45, 2.75) is 52.5 Å². The van der Waals surface area contributed by atoms with Crippen molar-refractivity contribution >= 4 is 0 Å². The molecule has 0 aromatic carbocycles. The molecule has 2 heterocycles. The van der Waals surface area contributed by atoms with E-state index in [0.29, 0.717) is 6.54 Å². The molecule has 0 spiro atoms. The molecule has 2 N–H and O–H groups in total. The van der Waals surface area contributed by atoms with Crippen LogP contribution in [-0.2, 0) is 17.8 Å². The fourth-order valence-electron chi connectivity index (χ4n) is 2.80. The molecule has 1 atom stereocenters. The van der Waals surface area contributed by atoms with Crippen molar-refractivity contribution in [3.63, 3.8) is 0 Å². The van der Waals surface area contributed by atoms with Crippen LogP contribution in [0, 0.1) is 6.92 Å². The van der Waals surface area contributed by atoms with Gasteiger partial charge in [-0.25, -0.2) is 0 Å². The number of nitrogens with zero attached hydrogens (tertiary/aromatic N) is 1. The first-order valence-corrected chi connectivity index (χ1v) is 6.58. The van der Waals surface area contributed by atoms with Crippen molar-refractivity contribution in [1.29, 1.82) is 0 Å². The van der Waals surface area contributed by atoms with Gasteiger partial charge in [-0.15, -0.1) is 0 Å². The highest BCUT2D eigenvalue weighted by Crippen LogP contribution is 2.23. The van der Waals surface area contributed by atoms with E-state index in [2.05, 4.69) is 31.7 Å². The van der Waals surface area contributed by atoms with Gasteiger partial charge in [-0.05, 0) is 39.3 Å². The van der Waals surface area contributed by atoms with Crippen molar-refractivity contribution in [2.75, 3.05) is 13.1 Å². The van der Waals surface area contributed by atoms with Gasteiger partial charge in [0.25, 0.3) is 0 Å². The van der Waals surface area contributed by atoms with E-state index in [0.717, 1.165) is 36.7 Å². The van der Waals surface area contributed by atoms with Crippen LogP contribution in [0.15, 0.2) is 10.5 Å². The molecule has 1 unspecified atom stereocenters. The molecule has 1 aromatic heterocycles. The SMILES string of the molecule is Cc1cc(CN2CC(C)OC(C)(C)C2)oc1CN. The summed E-state index contributed by atoms with van der Waals surface area (Å²) < 4.78 is 11.7. The second-order valence-corrected chi connectivity index (χ2v) is 5.88. The van der Waals surface area contributed by atoms with E-state index in [1.807, 2.05) is 6.92 Å². The highest BCUT2D eigenvalue weighted by Gasteiger charge is 2.31. The van der Waals surface area contributed by atoms with Crippen LogP contribution in [0.3, 0.4) is 0 Å². The van der Waals surface area contributed by atoms with Crippen LogP contribution in [0.1, 0.15) is 37.9 Å². The largest absolute Gasteiger partial charge is 0.463 e. The Bertz CT molecular complexity index is 412. The normalized spacial score (nSPS) is 24.4. The third kappa shape index (κ3) is 3.13. The molecule has 1 saturated heterocycles. The Hall–Kier alpha value is -0.840. The lowest BCUT2D eigenvalue weighted by molar-refractivity contribution is -0.131. The molecule has 0 radical (unpaired) electrons. The third-order valence-electron chi connectivity index (χ3n) is 3.28. The summed E-state index contributed by atoms with van der Waals surface area (Å²) in [5.74, 6) is 1.89. The van der Waals surface area contributed by atoms with Crippen LogP contribution in [-0.4, -0.2) is 29.7 Å². The summed E-state index contributed by atoms with van der Waals surface area (Å²) in [6.07, 6.45) is 0.263. The van der Waals surface area contributed by atoms with Crippen molar-refractivity contribution in [3.8, 4) is 0 Å². The van der Waals surface area contributed by atoms with Gasteiger partial charge in [0.1, 0.15) is 11.5 Å². The Morgan fingerprint density at radius 1 is 1.50 bits per heavy atom. The highest BCUT2D eigenvalue weighted by molar-refractivity contribution is 5.19. The van der Waals surface area contributed by atoms with Gasteiger partial charge >= 0.3 is 0 Å². The fourth-order valence-corrected chi connectivity index (χ4v) is 2.80. The molecule has 1 fully saturated rings. The Balaban J connectivity index is 2.04. The number of morpholine rings is 1. The maximum Gasteiger partial charge on any atom is 0.120 e. The minimum absolute atomic E-state index is 0.0873. The molecule has 1 aliphatic heterocycles. The zero-order chi connectivity index (χ0) is 13.3. The monoisotopic (exact) mass is 252 g/mol. The second-order valence-electron chi connectivity index (χ2n) is 5.88. The fraction of sp³-hybridized carbons (Fsp3) is 0.714. The molecule has 18 heavy (non-hydrogen) atoms. The molecule has 0 bridgehead atoms. The van der Waals surface area contributed by atoms with E-state index < -0.39 is 0 Å². The zero-order valence-corrected chi connectivity index (χ0v) is 11.8. The number of furan rings is 1. The summed E-state index contributed by atoms with van der Waals surface area (Å²) in [6.45, 7) is 11.6. The zero-order valence-electron chi connectivity index (χ0n) is 11.8. The van der Waals surface area contributed by atoms with Gasteiger partial charge in [0, 0.05) is 13.1 Å². The average Bonchev–Trinajstić information content (AvgIpc) is 2.55. The maximum absolute atomic E-state index is 5.90. The molecule has 0 amide bonds. The smallest absolute Gasteiger partial charge is 0.120 e. The van der Waals surface area contributed by atoms with E-state index >= 15 is 0 Å².